The summed E-state index contributed by atoms with van der Waals surface area (Å²) in [5.74, 6) is 1.25. The molecule has 1 aliphatic heterocycles. The fraction of sp³-hybridized carbons (Fsp3) is 0.227. The van der Waals surface area contributed by atoms with Crippen molar-refractivity contribution >= 4 is 17.5 Å². The highest BCUT2D eigenvalue weighted by Gasteiger charge is 2.23. The van der Waals surface area contributed by atoms with Crippen molar-refractivity contribution in [3.8, 4) is 5.75 Å². The number of amides is 1. The Morgan fingerprint density at radius 2 is 1.86 bits per heavy atom. The van der Waals surface area contributed by atoms with Crippen molar-refractivity contribution < 1.29 is 9.53 Å². The summed E-state index contributed by atoms with van der Waals surface area (Å²) in [6.07, 6.45) is 5.14. The number of aromatic nitrogens is 2. The van der Waals surface area contributed by atoms with Crippen LogP contribution in [0.4, 0.5) is 11.6 Å². The summed E-state index contributed by atoms with van der Waals surface area (Å²) in [4.78, 5) is 23.4. The van der Waals surface area contributed by atoms with Gasteiger partial charge in [0.15, 0.2) is 0 Å². The summed E-state index contributed by atoms with van der Waals surface area (Å²) in [6.45, 7) is 1.31. The van der Waals surface area contributed by atoms with Crippen LogP contribution in [0, 0.1) is 0 Å². The maximum atomic E-state index is 12.9. The van der Waals surface area contributed by atoms with Gasteiger partial charge in [0.05, 0.1) is 12.7 Å². The molecule has 0 saturated heterocycles. The molecule has 4 rings (SSSR count). The first-order valence-electron chi connectivity index (χ1n) is 9.33. The molecule has 6 heteroatoms. The Hall–Kier alpha value is -3.41. The van der Waals surface area contributed by atoms with Gasteiger partial charge in [0.25, 0.3) is 5.91 Å². The van der Waals surface area contributed by atoms with E-state index in [1.54, 1.807) is 19.5 Å². The average Bonchev–Trinajstić information content (AvgIpc) is 2.77. The minimum Gasteiger partial charge on any atom is -0.497 e. The molecular formula is C22H22N4O2. The van der Waals surface area contributed by atoms with Crippen LogP contribution in [-0.2, 0) is 13.0 Å². The topological polar surface area (TPSA) is 67.3 Å². The second kappa shape index (κ2) is 8.08. The molecule has 0 radical (unpaired) electrons. The van der Waals surface area contributed by atoms with E-state index in [1.165, 1.54) is 5.56 Å². The number of rotatable bonds is 5. The van der Waals surface area contributed by atoms with Gasteiger partial charge in [-0.25, -0.2) is 9.97 Å². The summed E-state index contributed by atoms with van der Waals surface area (Å²) >= 11 is 0. The molecule has 0 saturated carbocycles. The van der Waals surface area contributed by atoms with Crippen LogP contribution in [0.2, 0.25) is 0 Å². The second-order valence-corrected chi connectivity index (χ2v) is 6.69. The predicted octanol–water partition coefficient (Wildman–Crippen LogP) is 3.69. The van der Waals surface area contributed by atoms with E-state index in [0.717, 1.165) is 29.8 Å². The van der Waals surface area contributed by atoms with Gasteiger partial charge < -0.3 is 15.0 Å². The quantitative estimate of drug-likeness (QED) is 0.738. The number of carbonyl (C=O) groups is 1. The first kappa shape index (κ1) is 18.0. The Labute approximate surface area is 164 Å². The number of aryl methyl sites for hydroxylation is 1. The van der Waals surface area contributed by atoms with Crippen molar-refractivity contribution in [2.75, 3.05) is 23.9 Å². The van der Waals surface area contributed by atoms with Gasteiger partial charge in [-0.05, 0) is 42.2 Å². The number of carbonyl (C=O) groups excluding carboxylic acids is 1. The van der Waals surface area contributed by atoms with Crippen molar-refractivity contribution in [1.29, 1.82) is 0 Å². The van der Waals surface area contributed by atoms with Crippen molar-refractivity contribution in [3.63, 3.8) is 0 Å². The summed E-state index contributed by atoms with van der Waals surface area (Å²) in [5.41, 5.74) is 3.78. The lowest BCUT2D eigenvalue weighted by atomic mass is 10.0. The van der Waals surface area contributed by atoms with Gasteiger partial charge in [0.2, 0.25) is 5.95 Å². The Kier molecular flexibility index (Phi) is 5.19. The van der Waals surface area contributed by atoms with Gasteiger partial charge in [-0.1, -0.05) is 30.3 Å². The molecule has 142 valence electrons. The molecule has 1 N–H and O–H groups in total. The molecule has 0 aliphatic carbocycles. The third-order valence-electron chi connectivity index (χ3n) is 4.86. The van der Waals surface area contributed by atoms with Crippen LogP contribution < -0.4 is 15.0 Å². The van der Waals surface area contributed by atoms with Crippen LogP contribution in [0.5, 0.6) is 5.75 Å². The van der Waals surface area contributed by atoms with E-state index in [2.05, 4.69) is 21.4 Å². The second-order valence-electron chi connectivity index (χ2n) is 6.69. The zero-order chi connectivity index (χ0) is 19.3. The lowest BCUT2D eigenvalue weighted by Gasteiger charge is -2.29. The maximum Gasteiger partial charge on any atom is 0.261 e. The summed E-state index contributed by atoms with van der Waals surface area (Å²) < 4.78 is 5.16. The molecular weight excluding hydrogens is 352 g/mol. The fourth-order valence-corrected chi connectivity index (χ4v) is 3.35. The van der Waals surface area contributed by atoms with Gasteiger partial charge in [0, 0.05) is 31.2 Å². The zero-order valence-corrected chi connectivity index (χ0v) is 15.8. The van der Waals surface area contributed by atoms with E-state index >= 15 is 0 Å². The maximum absolute atomic E-state index is 12.9. The van der Waals surface area contributed by atoms with Crippen molar-refractivity contribution in [1.82, 2.24) is 9.97 Å². The van der Waals surface area contributed by atoms with E-state index < -0.39 is 0 Å². The highest BCUT2D eigenvalue weighted by molar-refractivity contribution is 6.06. The fourth-order valence-electron chi connectivity index (χ4n) is 3.35. The number of methoxy groups -OCH3 is 1. The van der Waals surface area contributed by atoms with Crippen LogP contribution in [-0.4, -0.2) is 29.5 Å². The molecule has 1 aliphatic rings. The number of hydrogen-bond acceptors (Lipinski definition) is 5. The van der Waals surface area contributed by atoms with E-state index in [9.17, 15) is 4.79 Å². The summed E-state index contributed by atoms with van der Waals surface area (Å²) in [6, 6.07) is 15.9. The third-order valence-corrected chi connectivity index (χ3v) is 4.86. The Bertz CT molecular complexity index is 955. The molecule has 6 nitrogen and oxygen atoms in total. The molecule has 0 unspecified atom stereocenters. The summed E-state index contributed by atoms with van der Waals surface area (Å²) in [5, 5.41) is 3.17. The highest BCUT2D eigenvalue weighted by atomic mass is 16.5. The normalized spacial score (nSPS) is 13.0. The first-order valence-corrected chi connectivity index (χ1v) is 9.33. The van der Waals surface area contributed by atoms with E-state index in [0.29, 0.717) is 24.6 Å². The van der Waals surface area contributed by atoms with E-state index in [-0.39, 0.29) is 5.91 Å². The number of nitrogens with one attached hydrogen (secondary N) is 1. The van der Waals surface area contributed by atoms with E-state index in [1.807, 2.05) is 47.4 Å². The Balaban J connectivity index is 1.42. The largest absolute Gasteiger partial charge is 0.497 e. The molecule has 0 spiro atoms. The third kappa shape index (κ3) is 3.81. The van der Waals surface area contributed by atoms with Gasteiger partial charge in [-0.2, -0.15) is 0 Å². The first-order chi connectivity index (χ1) is 13.7. The Morgan fingerprint density at radius 3 is 2.61 bits per heavy atom. The van der Waals surface area contributed by atoms with E-state index in [4.69, 9.17) is 4.74 Å². The molecule has 3 aromatic rings. The highest BCUT2D eigenvalue weighted by Crippen LogP contribution is 2.27. The van der Waals surface area contributed by atoms with Crippen LogP contribution in [0.1, 0.15) is 27.9 Å². The number of fused-ring (bicyclic) bond motifs is 1. The van der Waals surface area contributed by atoms with Gasteiger partial charge >= 0.3 is 0 Å². The molecule has 0 bridgehead atoms. The van der Waals surface area contributed by atoms with Crippen LogP contribution in [0.25, 0.3) is 0 Å². The van der Waals surface area contributed by atoms with Crippen LogP contribution >= 0.6 is 0 Å². The molecule has 0 atom stereocenters. The molecule has 2 aromatic carbocycles. The molecule has 28 heavy (non-hydrogen) atoms. The molecule has 1 amide bonds. The van der Waals surface area contributed by atoms with Gasteiger partial charge in [-0.15, -0.1) is 0 Å². The smallest absolute Gasteiger partial charge is 0.261 e. The van der Waals surface area contributed by atoms with Crippen molar-refractivity contribution in [2.45, 2.75) is 19.4 Å². The number of hydrogen-bond donors (Lipinski definition) is 1. The number of benzene rings is 2. The molecule has 0 fully saturated rings. The number of para-hydroxylation sites is 1. The minimum absolute atomic E-state index is 0.0612. The zero-order valence-electron chi connectivity index (χ0n) is 15.8. The number of nitrogens with zero attached hydrogens (tertiary/aromatic N) is 3. The SMILES string of the molecule is COc1ccc(CNc2ncc(C(=O)N3CCCc4ccccc43)cn2)cc1. The standard InChI is InChI=1S/C22H22N4O2/c1-28-19-10-8-16(9-11-19)13-23-22-24-14-18(15-25-22)21(27)26-12-4-6-17-5-2-3-7-20(17)26/h2-3,5,7-11,14-15H,4,6,12-13H2,1H3,(H,23,24,25). The van der Waals surface area contributed by atoms with Crippen LogP contribution in [0.3, 0.4) is 0 Å². The molecule has 2 heterocycles. The summed E-state index contributed by atoms with van der Waals surface area (Å²) in [7, 11) is 1.65. The predicted molar refractivity (Wildman–Crippen MR) is 109 cm³/mol. The minimum atomic E-state index is -0.0612. The van der Waals surface area contributed by atoms with Crippen molar-refractivity contribution in [3.05, 3.63) is 77.6 Å². The monoisotopic (exact) mass is 374 g/mol. The van der Waals surface area contributed by atoms with Gasteiger partial charge in [-0.3, -0.25) is 4.79 Å². The number of ether oxygens (including phenoxy) is 1. The Morgan fingerprint density at radius 1 is 1.11 bits per heavy atom. The van der Waals surface area contributed by atoms with Gasteiger partial charge in [0.1, 0.15) is 5.75 Å². The van der Waals surface area contributed by atoms with Crippen molar-refractivity contribution in [2.24, 2.45) is 0 Å². The lowest BCUT2D eigenvalue weighted by molar-refractivity contribution is 0.0984. The average molecular weight is 374 g/mol. The molecule has 1 aromatic heterocycles. The number of anilines is 2. The lowest BCUT2D eigenvalue weighted by Crippen LogP contribution is -2.35. The van der Waals surface area contributed by atoms with Crippen LogP contribution in [0.15, 0.2) is 60.9 Å².